The third-order valence-electron chi connectivity index (χ3n) is 3.41. The molecule has 0 bridgehead atoms. The van der Waals surface area contributed by atoms with Gasteiger partial charge in [0.05, 0.1) is 25.4 Å². The zero-order valence-corrected chi connectivity index (χ0v) is 12.7. The van der Waals surface area contributed by atoms with Gasteiger partial charge in [-0.05, 0) is 18.2 Å². The lowest BCUT2D eigenvalue weighted by atomic mass is 10.1. The number of benzene rings is 2. The zero-order chi connectivity index (χ0) is 16.2. The normalized spacial score (nSPS) is 10.3. The van der Waals surface area contributed by atoms with E-state index in [1.807, 2.05) is 24.3 Å². The van der Waals surface area contributed by atoms with Gasteiger partial charge in [-0.2, -0.15) is 0 Å². The van der Waals surface area contributed by atoms with Gasteiger partial charge in [-0.25, -0.2) is 9.97 Å². The molecule has 116 valence electrons. The molecule has 3 aromatic rings. The first-order chi connectivity index (χ1) is 11.2. The standard InChI is InChI=1S/C17H15N3O3/c1-22-11-7-8-14(15(9-11)23-2)20-17(21)16-12-5-3-4-6-13(12)18-10-19-16/h3-10H,1-2H3,(H,20,21). The van der Waals surface area contributed by atoms with E-state index in [0.29, 0.717) is 33.8 Å². The van der Waals surface area contributed by atoms with E-state index in [1.165, 1.54) is 13.4 Å². The Bertz CT molecular complexity index is 859. The van der Waals surface area contributed by atoms with Crippen molar-refractivity contribution >= 4 is 22.5 Å². The minimum absolute atomic E-state index is 0.313. The molecule has 0 fully saturated rings. The highest BCUT2D eigenvalue weighted by Gasteiger charge is 2.15. The second kappa shape index (κ2) is 6.31. The summed E-state index contributed by atoms with van der Waals surface area (Å²) >= 11 is 0. The Kier molecular flexibility index (Phi) is 4.05. The van der Waals surface area contributed by atoms with Crippen LogP contribution in [0.5, 0.6) is 11.5 Å². The summed E-state index contributed by atoms with van der Waals surface area (Å²) in [6.07, 6.45) is 1.38. The first-order valence-corrected chi connectivity index (χ1v) is 6.96. The predicted octanol–water partition coefficient (Wildman–Crippen LogP) is 2.90. The van der Waals surface area contributed by atoms with Gasteiger partial charge in [0.15, 0.2) is 0 Å². The van der Waals surface area contributed by atoms with E-state index in [9.17, 15) is 4.79 Å². The zero-order valence-electron chi connectivity index (χ0n) is 12.7. The van der Waals surface area contributed by atoms with Crippen molar-refractivity contribution in [3.05, 3.63) is 54.5 Å². The average Bonchev–Trinajstić information content (AvgIpc) is 2.61. The molecule has 2 aromatic carbocycles. The van der Waals surface area contributed by atoms with Crippen LogP contribution in [-0.4, -0.2) is 30.1 Å². The number of hydrogen-bond acceptors (Lipinski definition) is 5. The molecular weight excluding hydrogens is 294 g/mol. The Hall–Kier alpha value is -3.15. The molecule has 0 saturated heterocycles. The van der Waals surface area contributed by atoms with Crippen LogP contribution >= 0.6 is 0 Å². The number of aromatic nitrogens is 2. The summed E-state index contributed by atoms with van der Waals surface area (Å²) in [6.45, 7) is 0. The molecule has 0 aliphatic rings. The van der Waals surface area contributed by atoms with E-state index in [2.05, 4.69) is 15.3 Å². The number of methoxy groups -OCH3 is 2. The van der Waals surface area contributed by atoms with Crippen molar-refractivity contribution in [3.8, 4) is 11.5 Å². The van der Waals surface area contributed by atoms with Crippen molar-refractivity contribution in [2.75, 3.05) is 19.5 Å². The molecule has 1 N–H and O–H groups in total. The smallest absolute Gasteiger partial charge is 0.275 e. The van der Waals surface area contributed by atoms with Crippen molar-refractivity contribution in [1.29, 1.82) is 0 Å². The average molecular weight is 309 g/mol. The number of rotatable bonds is 4. The van der Waals surface area contributed by atoms with Crippen molar-refractivity contribution in [3.63, 3.8) is 0 Å². The number of carbonyl (C=O) groups excluding carboxylic acids is 1. The molecule has 0 unspecified atom stereocenters. The van der Waals surface area contributed by atoms with Crippen LogP contribution < -0.4 is 14.8 Å². The molecule has 0 spiro atoms. The Balaban J connectivity index is 1.95. The number of amides is 1. The predicted molar refractivity (Wildman–Crippen MR) is 87.0 cm³/mol. The SMILES string of the molecule is COc1ccc(NC(=O)c2ncnc3ccccc23)c(OC)c1. The maximum atomic E-state index is 12.6. The highest BCUT2D eigenvalue weighted by Crippen LogP contribution is 2.29. The quantitative estimate of drug-likeness (QED) is 0.802. The van der Waals surface area contributed by atoms with Crippen LogP contribution in [0.3, 0.4) is 0 Å². The van der Waals surface area contributed by atoms with Gasteiger partial charge in [-0.15, -0.1) is 0 Å². The fourth-order valence-corrected chi connectivity index (χ4v) is 2.27. The fourth-order valence-electron chi connectivity index (χ4n) is 2.27. The topological polar surface area (TPSA) is 73.3 Å². The molecule has 1 heterocycles. The molecular formula is C17H15N3O3. The lowest BCUT2D eigenvalue weighted by molar-refractivity contribution is 0.102. The summed E-state index contributed by atoms with van der Waals surface area (Å²) in [5.41, 5.74) is 1.57. The fraction of sp³-hybridized carbons (Fsp3) is 0.118. The molecule has 6 nitrogen and oxygen atoms in total. The second-order valence-corrected chi connectivity index (χ2v) is 4.76. The summed E-state index contributed by atoms with van der Waals surface area (Å²) in [7, 11) is 3.10. The molecule has 0 saturated carbocycles. The molecule has 0 radical (unpaired) electrons. The monoisotopic (exact) mass is 309 g/mol. The number of fused-ring (bicyclic) bond motifs is 1. The molecule has 0 aliphatic heterocycles. The van der Waals surface area contributed by atoms with Crippen molar-refractivity contribution in [2.45, 2.75) is 0 Å². The maximum Gasteiger partial charge on any atom is 0.275 e. The Labute approximate surface area is 133 Å². The van der Waals surface area contributed by atoms with E-state index < -0.39 is 0 Å². The summed E-state index contributed by atoms with van der Waals surface area (Å²) in [5.74, 6) is 0.829. The lowest BCUT2D eigenvalue weighted by Gasteiger charge is -2.12. The molecule has 1 amide bonds. The number of carbonyl (C=O) groups is 1. The molecule has 0 aliphatic carbocycles. The van der Waals surface area contributed by atoms with Gasteiger partial charge in [0.25, 0.3) is 5.91 Å². The highest BCUT2D eigenvalue weighted by molar-refractivity contribution is 6.11. The minimum atomic E-state index is -0.327. The molecule has 23 heavy (non-hydrogen) atoms. The number of para-hydroxylation sites is 1. The summed E-state index contributed by atoms with van der Waals surface area (Å²) < 4.78 is 10.4. The largest absolute Gasteiger partial charge is 0.497 e. The highest BCUT2D eigenvalue weighted by atomic mass is 16.5. The number of ether oxygens (including phenoxy) is 2. The van der Waals surface area contributed by atoms with Crippen molar-refractivity contribution in [1.82, 2.24) is 9.97 Å². The number of anilines is 1. The van der Waals surface area contributed by atoms with Crippen LogP contribution in [0.1, 0.15) is 10.5 Å². The summed E-state index contributed by atoms with van der Waals surface area (Å²) in [6, 6.07) is 12.5. The Morgan fingerprint density at radius 3 is 2.65 bits per heavy atom. The van der Waals surface area contributed by atoms with Gasteiger partial charge in [0.1, 0.15) is 23.5 Å². The van der Waals surface area contributed by atoms with Crippen LogP contribution in [0.25, 0.3) is 10.9 Å². The third kappa shape index (κ3) is 2.91. The van der Waals surface area contributed by atoms with Crippen LogP contribution in [0, 0.1) is 0 Å². The number of nitrogens with one attached hydrogen (secondary N) is 1. The Morgan fingerprint density at radius 1 is 1.04 bits per heavy atom. The molecule has 0 atom stereocenters. The van der Waals surface area contributed by atoms with E-state index in [4.69, 9.17) is 9.47 Å². The van der Waals surface area contributed by atoms with E-state index in [1.54, 1.807) is 25.3 Å². The Morgan fingerprint density at radius 2 is 1.87 bits per heavy atom. The van der Waals surface area contributed by atoms with Gasteiger partial charge in [0, 0.05) is 11.5 Å². The van der Waals surface area contributed by atoms with Crippen LogP contribution in [0.2, 0.25) is 0 Å². The molecule has 3 rings (SSSR count). The van der Waals surface area contributed by atoms with Crippen molar-refractivity contribution < 1.29 is 14.3 Å². The first-order valence-electron chi connectivity index (χ1n) is 6.96. The maximum absolute atomic E-state index is 12.6. The summed E-state index contributed by atoms with van der Waals surface area (Å²) in [5, 5.41) is 3.51. The van der Waals surface area contributed by atoms with Gasteiger partial charge in [-0.3, -0.25) is 4.79 Å². The van der Waals surface area contributed by atoms with Crippen LogP contribution in [0.15, 0.2) is 48.8 Å². The lowest BCUT2D eigenvalue weighted by Crippen LogP contribution is -2.15. The van der Waals surface area contributed by atoms with Crippen molar-refractivity contribution in [2.24, 2.45) is 0 Å². The van der Waals surface area contributed by atoms with Crippen LogP contribution in [-0.2, 0) is 0 Å². The van der Waals surface area contributed by atoms with Gasteiger partial charge in [0.2, 0.25) is 0 Å². The van der Waals surface area contributed by atoms with E-state index >= 15 is 0 Å². The number of hydrogen-bond donors (Lipinski definition) is 1. The number of nitrogens with zero attached hydrogens (tertiary/aromatic N) is 2. The van der Waals surface area contributed by atoms with Gasteiger partial charge < -0.3 is 14.8 Å². The first kappa shape index (κ1) is 14.8. The van der Waals surface area contributed by atoms with E-state index in [0.717, 1.165) is 0 Å². The van der Waals surface area contributed by atoms with E-state index in [-0.39, 0.29) is 5.91 Å². The van der Waals surface area contributed by atoms with Gasteiger partial charge in [-0.1, -0.05) is 18.2 Å². The molecule has 1 aromatic heterocycles. The third-order valence-corrected chi connectivity index (χ3v) is 3.41. The van der Waals surface area contributed by atoms with Gasteiger partial charge >= 0.3 is 0 Å². The second-order valence-electron chi connectivity index (χ2n) is 4.76. The van der Waals surface area contributed by atoms with Crippen LogP contribution in [0.4, 0.5) is 5.69 Å². The minimum Gasteiger partial charge on any atom is -0.497 e. The molecule has 6 heteroatoms. The summed E-state index contributed by atoms with van der Waals surface area (Å²) in [4.78, 5) is 20.8.